The molecule has 0 fully saturated rings. The van der Waals surface area contributed by atoms with Crippen molar-refractivity contribution in [2.75, 3.05) is 23.7 Å². The molecule has 2 amide bonds. The normalized spacial score (nSPS) is 12.0. The molecule has 0 bridgehead atoms. The number of anilines is 1. The average Bonchev–Trinajstić information content (AvgIpc) is 2.94. The highest BCUT2D eigenvalue weighted by molar-refractivity contribution is 7.92. The van der Waals surface area contributed by atoms with Crippen molar-refractivity contribution in [3.63, 3.8) is 0 Å². The summed E-state index contributed by atoms with van der Waals surface area (Å²) in [6.45, 7) is 8.81. The minimum absolute atomic E-state index is 0.106. The van der Waals surface area contributed by atoms with Gasteiger partial charge in [-0.05, 0) is 67.5 Å². The van der Waals surface area contributed by atoms with Gasteiger partial charge in [-0.3, -0.25) is 13.9 Å². The van der Waals surface area contributed by atoms with Gasteiger partial charge < -0.3 is 10.2 Å². The fourth-order valence-corrected chi connectivity index (χ4v) is 5.90. The molecule has 0 radical (unpaired) electrons. The van der Waals surface area contributed by atoms with E-state index in [4.69, 9.17) is 0 Å². The molecule has 0 aliphatic heterocycles. The van der Waals surface area contributed by atoms with Gasteiger partial charge in [0.25, 0.3) is 0 Å². The molecule has 1 unspecified atom stereocenters. The molecule has 0 aromatic heterocycles. The molecular formula is C33H43N3O4S. The molecule has 7 nitrogen and oxygen atoms in total. The minimum atomic E-state index is -3.57. The largest absolute Gasteiger partial charge is 0.354 e. The van der Waals surface area contributed by atoms with E-state index in [9.17, 15) is 18.0 Å². The maximum Gasteiger partial charge on any atom is 0.243 e. The van der Waals surface area contributed by atoms with Gasteiger partial charge >= 0.3 is 0 Å². The van der Waals surface area contributed by atoms with Crippen molar-refractivity contribution in [2.45, 2.75) is 66.0 Å². The van der Waals surface area contributed by atoms with Crippen LogP contribution in [0, 0.1) is 20.8 Å². The molecule has 0 aliphatic rings. The lowest BCUT2D eigenvalue weighted by Gasteiger charge is -2.32. The molecule has 3 rings (SSSR count). The molecule has 3 aromatic rings. The smallest absolute Gasteiger partial charge is 0.243 e. The highest BCUT2D eigenvalue weighted by atomic mass is 32.2. The summed E-state index contributed by atoms with van der Waals surface area (Å²) in [5.41, 5.74) is 5.48. The standard InChI is InChI=1S/C33H43N3O4S/c1-6-21-34-33(38)31(23-28-16-8-7-9-17-28)35(24-29-18-11-10-14-26(29)3)32(37)20-13-22-36(41(5,39)40)30-19-12-15-25(2)27(30)4/h7-12,14-19,31H,6,13,20-24H2,1-5H3,(H,34,38). The Morgan fingerprint density at radius 3 is 2.20 bits per heavy atom. The Balaban J connectivity index is 1.90. The third kappa shape index (κ3) is 8.92. The Kier molecular flexibility index (Phi) is 11.5. The van der Waals surface area contributed by atoms with Crippen LogP contribution < -0.4 is 9.62 Å². The summed E-state index contributed by atoms with van der Waals surface area (Å²) in [5, 5.41) is 3.00. The predicted octanol–water partition coefficient (Wildman–Crippen LogP) is 5.32. The Bertz CT molecular complexity index is 1420. The fraction of sp³-hybridized carbons (Fsp3) is 0.394. The molecule has 220 valence electrons. The van der Waals surface area contributed by atoms with E-state index in [1.807, 2.05) is 94.4 Å². The van der Waals surface area contributed by atoms with Gasteiger partial charge in [-0.2, -0.15) is 0 Å². The van der Waals surface area contributed by atoms with E-state index in [2.05, 4.69) is 5.32 Å². The fourth-order valence-electron chi connectivity index (χ4n) is 4.88. The zero-order valence-electron chi connectivity index (χ0n) is 24.9. The second-order valence-electron chi connectivity index (χ2n) is 10.6. The van der Waals surface area contributed by atoms with E-state index >= 15 is 0 Å². The van der Waals surface area contributed by atoms with Gasteiger partial charge in [0.1, 0.15) is 6.04 Å². The van der Waals surface area contributed by atoms with Gasteiger partial charge in [0.05, 0.1) is 11.9 Å². The van der Waals surface area contributed by atoms with Crippen LogP contribution in [0.3, 0.4) is 0 Å². The van der Waals surface area contributed by atoms with Crippen LogP contribution in [0.5, 0.6) is 0 Å². The van der Waals surface area contributed by atoms with Crippen molar-refractivity contribution in [3.05, 3.63) is 101 Å². The van der Waals surface area contributed by atoms with Gasteiger partial charge in [0.2, 0.25) is 21.8 Å². The number of benzene rings is 3. The lowest BCUT2D eigenvalue weighted by Crippen LogP contribution is -2.50. The monoisotopic (exact) mass is 577 g/mol. The predicted molar refractivity (Wildman–Crippen MR) is 166 cm³/mol. The van der Waals surface area contributed by atoms with Gasteiger partial charge in [-0.1, -0.05) is 73.7 Å². The minimum Gasteiger partial charge on any atom is -0.354 e. The van der Waals surface area contributed by atoms with Crippen LogP contribution in [-0.4, -0.2) is 50.5 Å². The quantitative estimate of drug-likeness (QED) is 0.281. The van der Waals surface area contributed by atoms with E-state index in [-0.39, 0.29) is 31.3 Å². The highest BCUT2D eigenvalue weighted by Gasteiger charge is 2.30. The zero-order valence-corrected chi connectivity index (χ0v) is 25.7. The summed E-state index contributed by atoms with van der Waals surface area (Å²) >= 11 is 0. The third-order valence-corrected chi connectivity index (χ3v) is 8.60. The Labute approximate surface area is 245 Å². The molecule has 41 heavy (non-hydrogen) atoms. The molecule has 0 aliphatic carbocycles. The molecule has 1 N–H and O–H groups in total. The number of hydrogen-bond donors (Lipinski definition) is 1. The van der Waals surface area contributed by atoms with Crippen LogP contribution >= 0.6 is 0 Å². The number of nitrogens with one attached hydrogen (secondary N) is 1. The highest BCUT2D eigenvalue weighted by Crippen LogP contribution is 2.26. The van der Waals surface area contributed by atoms with Crippen molar-refractivity contribution in [2.24, 2.45) is 0 Å². The van der Waals surface area contributed by atoms with E-state index in [1.54, 1.807) is 11.0 Å². The Hall–Kier alpha value is -3.65. The first-order chi connectivity index (χ1) is 19.5. The molecule has 8 heteroatoms. The molecule has 0 saturated heterocycles. The second kappa shape index (κ2) is 14.8. The summed E-state index contributed by atoms with van der Waals surface area (Å²) < 4.78 is 26.9. The van der Waals surface area contributed by atoms with Gasteiger partial charge in [-0.25, -0.2) is 8.42 Å². The molecule has 0 heterocycles. The number of rotatable bonds is 14. The van der Waals surface area contributed by atoms with Crippen LogP contribution in [0.1, 0.15) is 54.0 Å². The van der Waals surface area contributed by atoms with Crippen LogP contribution in [0.2, 0.25) is 0 Å². The number of amides is 2. The summed E-state index contributed by atoms with van der Waals surface area (Å²) in [7, 11) is -3.57. The second-order valence-corrected chi connectivity index (χ2v) is 12.5. The molecular weight excluding hydrogens is 534 g/mol. The Morgan fingerprint density at radius 2 is 1.54 bits per heavy atom. The van der Waals surface area contributed by atoms with Crippen LogP contribution in [0.25, 0.3) is 0 Å². The van der Waals surface area contributed by atoms with Gasteiger partial charge in [0, 0.05) is 32.5 Å². The first kappa shape index (κ1) is 31.9. The Morgan fingerprint density at radius 1 is 0.878 bits per heavy atom. The summed E-state index contributed by atoms with van der Waals surface area (Å²) in [4.78, 5) is 29.1. The van der Waals surface area contributed by atoms with Crippen molar-refractivity contribution in [1.82, 2.24) is 10.2 Å². The number of nitrogens with zero attached hydrogens (tertiary/aromatic N) is 2. The number of sulfonamides is 1. The number of aryl methyl sites for hydroxylation is 2. The summed E-state index contributed by atoms with van der Waals surface area (Å²) in [5.74, 6) is -0.374. The average molecular weight is 578 g/mol. The topological polar surface area (TPSA) is 86.8 Å². The van der Waals surface area contributed by atoms with E-state index < -0.39 is 16.1 Å². The van der Waals surface area contributed by atoms with Gasteiger partial charge in [-0.15, -0.1) is 0 Å². The number of hydrogen-bond acceptors (Lipinski definition) is 4. The van der Waals surface area contributed by atoms with Crippen molar-refractivity contribution in [1.29, 1.82) is 0 Å². The van der Waals surface area contributed by atoms with Crippen LogP contribution in [0.4, 0.5) is 5.69 Å². The first-order valence-electron chi connectivity index (χ1n) is 14.2. The van der Waals surface area contributed by atoms with Crippen molar-refractivity contribution in [3.8, 4) is 0 Å². The summed E-state index contributed by atoms with van der Waals surface area (Å²) in [6, 6.07) is 22.4. The maximum atomic E-state index is 13.9. The number of carbonyl (C=O) groups excluding carboxylic acids is 2. The van der Waals surface area contributed by atoms with Crippen molar-refractivity contribution < 1.29 is 18.0 Å². The van der Waals surface area contributed by atoms with Crippen molar-refractivity contribution >= 4 is 27.5 Å². The lowest BCUT2D eigenvalue weighted by molar-refractivity contribution is -0.141. The summed E-state index contributed by atoms with van der Waals surface area (Å²) in [6.07, 6.45) is 2.78. The van der Waals surface area contributed by atoms with E-state index in [0.717, 1.165) is 34.2 Å². The first-order valence-corrected chi connectivity index (χ1v) is 16.1. The van der Waals surface area contributed by atoms with Crippen LogP contribution in [0.15, 0.2) is 72.8 Å². The zero-order chi connectivity index (χ0) is 30.0. The molecule has 0 saturated carbocycles. The van der Waals surface area contributed by atoms with E-state index in [1.165, 1.54) is 10.6 Å². The molecule has 3 aromatic carbocycles. The lowest BCUT2D eigenvalue weighted by atomic mass is 10.0. The third-order valence-electron chi connectivity index (χ3n) is 7.42. The molecule has 0 spiro atoms. The van der Waals surface area contributed by atoms with Gasteiger partial charge in [0.15, 0.2) is 0 Å². The SMILES string of the molecule is CCCNC(=O)C(Cc1ccccc1)N(Cc1ccccc1C)C(=O)CCCN(c1cccc(C)c1C)S(C)(=O)=O. The van der Waals surface area contributed by atoms with Crippen LogP contribution in [-0.2, 0) is 32.6 Å². The van der Waals surface area contributed by atoms with E-state index in [0.29, 0.717) is 25.1 Å². The number of carbonyl (C=O) groups is 2. The molecule has 1 atom stereocenters. The maximum absolute atomic E-state index is 13.9.